The van der Waals surface area contributed by atoms with Gasteiger partial charge in [-0.3, -0.25) is 9.59 Å². The van der Waals surface area contributed by atoms with E-state index >= 15 is 0 Å². The van der Waals surface area contributed by atoms with Crippen molar-refractivity contribution < 1.29 is 9.59 Å². The molecular weight excluding hydrogens is 286 g/mol. The predicted molar refractivity (Wildman–Crippen MR) is 83.1 cm³/mol. The molecule has 0 aliphatic rings. The van der Waals surface area contributed by atoms with Gasteiger partial charge < -0.3 is 10.6 Å². The quantitative estimate of drug-likeness (QED) is 0.917. The number of aryl methyl sites for hydroxylation is 1. The molecular formula is C15H17N3O2S. The Morgan fingerprint density at radius 3 is 2.52 bits per heavy atom. The van der Waals surface area contributed by atoms with Crippen molar-refractivity contribution in [2.24, 2.45) is 5.73 Å². The van der Waals surface area contributed by atoms with Crippen LogP contribution in [-0.4, -0.2) is 35.3 Å². The number of rotatable bonds is 5. The molecule has 0 saturated carbocycles. The average Bonchev–Trinajstić information content (AvgIpc) is 2.95. The molecule has 2 aromatic rings. The van der Waals surface area contributed by atoms with Crippen LogP contribution in [0.1, 0.15) is 23.0 Å². The summed E-state index contributed by atoms with van der Waals surface area (Å²) in [5, 5.41) is 2.48. The maximum Gasteiger partial charge on any atom is 0.273 e. The number of aromatic nitrogens is 1. The maximum absolute atomic E-state index is 12.1. The topological polar surface area (TPSA) is 76.3 Å². The first-order valence-electron chi connectivity index (χ1n) is 6.60. The zero-order chi connectivity index (χ0) is 15.4. The Kier molecular flexibility index (Phi) is 4.70. The second-order valence-corrected chi connectivity index (χ2v) is 5.57. The van der Waals surface area contributed by atoms with Crippen LogP contribution >= 0.6 is 11.3 Å². The number of nitrogens with zero attached hydrogens (tertiary/aromatic N) is 2. The molecule has 1 aromatic heterocycles. The monoisotopic (exact) mass is 303 g/mol. The number of hydrogen-bond acceptors (Lipinski definition) is 4. The van der Waals surface area contributed by atoms with Crippen molar-refractivity contribution in [1.82, 2.24) is 9.88 Å². The van der Waals surface area contributed by atoms with E-state index in [1.807, 2.05) is 12.1 Å². The number of benzene rings is 1. The third kappa shape index (κ3) is 3.66. The predicted octanol–water partition coefficient (Wildman–Crippen LogP) is 1.93. The van der Waals surface area contributed by atoms with Crippen LogP contribution in [0, 0.1) is 0 Å². The van der Waals surface area contributed by atoms with Gasteiger partial charge in [-0.25, -0.2) is 4.98 Å². The minimum absolute atomic E-state index is 0.114. The highest BCUT2D eigenvalue weighted by atomic mass is 32.1. The Hall–Kier alpha value is -2.21. The molecule has 1 heterocycles. The molecule has 0 atom stereocenters. The molecule has 6 heteroatoms. The fourth-order valence-corrected chi connectivity index (χ4v) is 2.69. The maximum atomic E-state index is 12.1. The third-order valence-electron chi connectivity index (χ3n) is 3.07. The highest BCUT2D eigenvalue weighted by Gasteiger charge is 2.17. The van der Waals surface area contributed by atoms with Crippen LogP contribution in [0.15, 0.2) is 29.6 Å². The first-order chi connectivity index (χ1) is 10.0. The number of thiazole rings is 1. The number of nitrogens with two attached hydrogens (primary N) is 1. The molecule has 0 aliphatic carbocycles. The van der Waals surface area contributed by atoms with E-state index in [1.54, 1.807) is 5.38 Å². The summed E-state index contributed by atoms with van der Waals surface area (Å²) < 4.78 is 0. The van der Waals surface area contributed by atoms with Crippen LogP contribution < -0.4 is 5.73 Å². The Labute approximate surface area is 127 Å². The molecule has 5 nitrogen and oxygen atoms in total. The molecule has 0 saturated heterocycles. The van der Waals surface area contributed by atoms with Gasteiger partial charge in [0.1, 0.15) is 10.7 Å². The third-order valence-corrected chi connectivity index (χ3v) is 3.96. The van der Waals surface area contributed by atoms with Gasteiger partial charge in [0.05, 0.1) is 6.54 Å². The Balaban J connectivity index is 2.16. The molecule has 2 N–H and O–H groups in total. The largest absolute Gasteiger partial charge is 0.368 e. The number of primary amides is 1. The van der Waals surface area contributed by atoms with Gasteiger partial charge in [-0.2, -0.15) is 0 Å². The molecule has 0 spiro atoms. The van der Waals surface area contributed by atoms with E-state index in [9.17, 15) is 9.59 Å². The number of carbonyl (C=O) groups is 2. The molecule has 0 fully saturated rings. The lowest BCUT2D eigenvalue weighted by atomic mass is 10.1. The first kappa shape index (κ1) is 15.2. The SMILES string of the molecule is CCc1ccc(-c2nc(C(=O)N(C)CC(N)=O)cs2)cc1. The molecule has 1 aromatic carbocycles. The highest BCUT2D eigenvalue weighted by Crippen LogP contribution is 2.24. The smallest absolute Gasteiger partial charge is 0.273 e. The fourth-order valence-electron chi connectivity index (χ4n) is 1.89. The molecule has 2 rings (SSSR count). The lowest BCUT2D eigenvalue weighted by Crippen LogP contribution is -2.35. The van der Waals surface area contributed by atoms with Crippen molar-refractivity contribution in [3.63, 3.8) is 0 Å². The molecule has 21 heavy (non-hydrogen) atoms. The zero-order valence-electron chi connectivity index (χ0n) is 12.0. The molecule has 0 radical (unpaired) electrons. The van der Waals surface area contributed by atoms with Crippen molar-refractivity contribution in [3.8, 4) is 10.6 Å². The van der Waals surface area contributed by atoms with Crippen LogP contribution in [-0.2, 0) is 11.2 Å². The van der Waals surface area contributed by atoms with Crippen LogP contribution in [0.3, 0.4) is 0 Å². The van der Waals surface area contributed by atoms with Gasteiger partial charge in [0, 0.05) is 18.0 Å². The van der Waals surface area contributed by atoms with Gasteiger partial charge in [0.2, 0.25) is 5.91 Å². The van der Waals surface area contributed by atoms with Gasteiger partial charge in [-0.05, 0) is 12.0 Å². The second kappa shape index (κ2) is 6.49. The summed E-state index contributed by atoms with van der Waals surface area (Å²) in [6.07, 6.45) is 0.986. The highest BCUT2D eigenvalue weighted by molar-refractivity contribution is 7.13. The van der Waals surface area contributed by atoms with Crippen LogP contribution in [0.25, 0.3) is 10.6 Å². The standard InChI is InChI=1S/C15H17N3O2S/c1-3-10-4-6-11(7-5-10)14-17-12(9-21-14)15(20)18(2)8-13(16)19/h4-7,9H,3,8H2,1-2H3,(H2,16,19). The summed E-state index contributed by atoms with van der Waals surface area (Å²) in [5.74, 6) is -0.849. The number of hydrogen-bond donors (Lipinski definition) is 1. The van der Waals surface area contributed by atoms with Gasteiger partial charge in [0.25, 0.3) is 5.91 Å². The average molecular weight is 303 g/mol. The Bertz CT molecular complexity index is 649. The second-order valence-electron chi connectivity index (χ2n) is 4.72. The van der Waals surface area contributed by atoms with Crippen molar-refractivity contribution in [1.29, 1.82) is 0 Å². The number of likely N-dealkylation sites (N-methyl/N-ethyl adjacent to an activating group) is 1. The van der Waals surface area contributed by atoms with Gasteiger partial charge in [0.15, 0.2) is 0 Å². The lowest BCUT2D eigenvalue weighted by Gasteiger charge is -2.12. The van der Waals surface area contributed by atoms with E-state index in [2.05, 4.69) is 24.0 Å². The molecule has 0 aliphatic heterocycles. The van der Waals surface area contributed by atoms with Crippen LogP contribution in [0.5, 0.6) is 0 Å². The minimum Gasteiger partial charge on any atom is -0.368 e. The van der Waals surface area contributed by atoms with Crippen LogP contribution in [0.4, 0.5) is 0 Å². The van der Waals surface area contributed by atoms with E-state index in [0.717, 1.165) is 17.0 Å². The van der Waals surface area contributed by atoms with E-state index < -0.39 is 5.91 Å². The summed E-state index contributed by atoms with van der Waals surface area (Å²) >= 11 is 1.41. The van der Waals surface area contributed by atoms with E-state index in [0.29, 0.717) is 5.69 Å². The summed E-state index contributed by atoms with van der Waals surface area (Å²) in [7, 11) is 1.53. The fraction of sp³-hybridized carbons (Fsp3) is 0.267. The van der Waals surface area contributed by atoms with Crippen LogP contribution in [0.2, 0.25) is 0 Å². The van der Waals surface area contributed by atoms with Gasteiger partial charge >= 0.3 is 0 Å². The zero-order valence-corrected chi connectivity index (χ0v) is 12.8. The van der Waals surface area contributed by atoms with E-state index in [1.165, 1.54) is 28.8 Å². The van der Waals surface area contributed by atoms with E-state index in [4.69, 9.17) is 5.73 Å². The lowest BCUT2D eigenvalue weighted by molar-refractivity contribution is -0.118. The Morgan fingerprint density at radius 2 is 1.95 bits per heavy atom. The summed E-state index contributed by atoms with van der Waals surface area (Å²) in [6.45, 7) is 1.99. The minimum atomic E-state index is -0.545. The normalized spacial score (nSPS) is 10.4. The molecule has 0 unspecified atom stereocenters. The Morgan fingerprint density at radius 1 is 1.29 bits per heavy atom. The van der Waals surface area contributed by atoms with Gasteiger partial charge in [-0.15, -0.1) is 11.3 Å². The molecule has 110 valence electrons. The van der Waals surface area contributed by atoms with Crippen molar-refractivity contribution in [3.05, 3.63) is 40.9 Å². The molecule has 0 bridgehead atoms. The summed E-state index contributed by atoms with van der Waals surface area (Å²) in [4.78, 5) is 28.5. The summed E-state index contributed by atoms with van der Waals surface area (Å²) in [5.41, 5.74) is 7.65. The van der Waals surface area contributed by atoms with Crippen molar-refractivity contribution in [2.45, 2.75) is 13.3 Å². The van der Waals surface area contributed by atoms with Crippen molar-refractivity contribution in [2.75, 3.05) is 13.6 Å². The first-order valence-corrected chi connectivity index (χ1v) is 7.47. The van der Waals surface area contributed by atoms with Gasteiger partial charge in [-0.1, -0.05) is 31.2 Å². The van der Waals surface area contributed by atoms with E-state index in [-0.39, 0.29) is 12.5 Å². The number of amides is 2. The summed E-state index contributed by atoms with van der Waals surface area (Å²) in [6, 6.07) is 8.10. The molecule has 2 amide bonds. The number of carbonyl (C=O) groups excluding carboxylic acids is 2. The van der Waals surface area contributed by atoms with Crippen molar-refractivity contribution >= 4 is 23.2 Å².